The van der Waals surface area contributed by atoms with Crippen molar-refractivity contribution >= 4 is 67.3 Å². The van der Waals surface area contributed by atoms with E-state index >= 15 is 0 Å². The minimum Gasteiger partial charge on any atom is -0.311 e. The van der Waals surface area contributed by atoms with Crippen LogP contribution in [-0.2, 0) is 27.1 Å². The predicted molar refractivity (Wildman–Crippen MR) is 326 cm³/mol. The highest BCUT2D eigenvalue weighted by Gasteiger charge is 2.45. The van der Waals surface area contributed by atoms with Gasteiger partial charge in [0.1, 0.15) is 0 Å². The number of benzene rings is 8. The Morgan fingerprint density at radius 3 is 1.08 bits per heavy atom. The third-order valence-electron chi connectivity index (χ3n) is 17.0. The molecule has 8 aromatic carbocycles. The van der Waals surface area contributed by atoms with Crippen molar-refractivity contribution in [2.75, 3.05) is 14.7 Å². The fraction of sp³-hybridized carbons (Fsp3) is 0.278. The number of nitrogens with zero attached hydrogens (tertiary/aromatic N) is 4. The van der Waals surface area contributed by atoms with Crippen molar-refractivity contribution in [3.63, 3.8) is 0 Å². The van der Waals surface area contributed by atoms with Crippen molar-refractivity contribution in [3.8, 4) is 5.69 Å². The molecule has 0 fully saturated rings. The first-order valence-corrected chi connectivity index (χ1v) is 27.7. The number of allylic oxidation sites excluding steroid dienone is 3. The number of anilines is 8. The molecule has 382 valence electrons. The van der Waals surface area contributed by atoms with Crippen LogP contribution in [0.2, 0.25) is 0 Å². The van der Waals surface area contributed by atoms with Gasteiger partial charge in [-0.15, -0.1) is 0 Å². The lowest BCUT2D eigenvalue weighted by molar-refractivity contribution is 0.590. The van der Waals surface area contributed by atoms with Gasteiger partial charge in [-0.2, -0.15) is 0 Å². The Labute approximate surface area is 452 Å². The molecule has 12 rings (SSSR count). The van der Waals surface area contributed by atoms with Crippen molar-refractivity contribution in [1.82, 2.24) is 4.57 Å². The van der Waals surface area contributed by atoms with Gasteiger partial charge in [-0.3, -0.25) is 0 Å². The van der Waals surface area contributed by atoms with Crippen LogP contribution in [0.3, 0.4) is 0 Å². The summed E-state index contributed by atoms with van der Waals surface area (Å²) in [5.74, 6) is 0. The standard InChI is InChI=1S/C72H74N4/c1-68(2,3)47-29-35-53(36-30-47)73(50-23-17-14-18-24-50)56-41-59-60-42-57(74(51-25-19-15-20-26-51)54-37-31-48(32-38-54)69(4,5)6)44-62-66(60)76-65(59)61(43-56)71(10,11)63-45-58(46-64(67(63)76)72(62,12)13)75(52-27-21-16-22-28-52)55-39-33-49(34-40-55)70(7,8)9/h14,16-19,21-46H,15,20H2,1-13H3. The van der Waals surface area contributed by atoms with Crippen LogP contribution in [0.5, 0.6) is 0 Å². The highest BCUT2D eigenvalue weighted by molar-refractivity contribution is 6.16. The Morgan fingerprint density at radius 2 is 0.711 bits per heavy atom. The van der Waals surface area contributed by atoms with Gasteiger partial charge in [0.25, 0.3) is 0 Å². The van der Waals surface area contributed by atoms with E-state index in [1.54, 1.807) is 0 Å². The average Bonchev–Trinajstić information content (AvgIpc) is 3.77. The smallest absolute Gasteiger partial charge is 0.0583 e. The quantitative estimate of drug-likeness (QED) is 0.143. The van der Waals surface area contributed by atoms with Crippen LogP contribution in [0.4, 0.5) is 45.5 Å². The second kappa shape index (κ2) is 17.5. The molecule has 3 aliphatic rings. The Bertz CT molecular complexity index is 3770. The second-order valence-corrected chi connectivity index (χ2v) is 25.9. The molecule has 0 unspecified atom stereocenters. The van der Waals surface area contributed by atoms with E-state index in [4.69, 9.17) is 0 Å². The summed E-state index contributed by atoms with van der Waals surface area (Å²) in [4.78, 5) is 7.48. The molecule has 0 saturated carbocycles. The summed E-state index contributed by atoms with van der Waals surface area (Å²) in [5, 5.41) is 2.54. The van der Waals surface area contributed by atoms with Gasteiger partial charge in [0, 0.05) is 72.8 Å². The maximum atomic E-state index is 2.69. The molecule has 0 radical (unpaired) electrons. The van der Waals surface area contributed by atoms with Gasteiger partial charge in [0.15, 0.2) is 0 Å². The molecular weight excluding hydrogens is 921 g/mol. The van der Waals surface area contributed by atoms with Gasteiger partial charge in [-0.1, -0.05) is 175 Å². The van der Waals surface area contributed by atoms with E-state index in [2.05, 4.69) is 297 Å². The van der Waals surface area contributed by atoms with Crippen molar-refractivity contribution in [2.24, 2.45) is 0 Å². The molecule has 0 amide bonds. The van der Waals surface area contributed by atoms with Crippen LogP contribution in [0.25, 0.3) is 27.5 Å². The number of hydrogen-bond acceptors (Lipinski definition) is 3. The van der Waals surface area contributed by atoms with E-state index in [1.165, 1.54) is 77.8 Å². The monoisotopic (exact) mass is 995 g/mol. The molecule has 1 aromatic heterocycles. The summed E-state index contributed by atoms with van der Waals surface area (Å²) in [6, 6.07) is 64.9. The average molecular weight is 995 g/mol. The van der Waals surface area contributed by atoms with E-state index in [9.17, 15) is 0 Å². The first-order valence-electron chi connectivity index (χ1n) is 27.7. The van der Waals surface area contributed by atoms with E-state index in [1.807, 2.05) is 0 Å². The Kier molecular flexibility index (Phi) is 11.4. The third kappa shape index (κ3) is 8.01. The van der Waals surface area contributed by atoms with Crippen LogP contribution < -0.4 is 14.7 Å². The maximum Gasteiger partial charge on any atom is 0.0583 e. The molecule has 3 heterocycles. The minimum atomic E-state index is -0.412. The molecule has 0 N–H and O–H groups in total. The summed E-state index contributed by atoms with van der Waals surface area (Å²) in [6.45, 7) is 30.6. The van der Waals surface area contributed by atoms with E-state index in [0.29, 0.717) is 0 Å². The lowest BCUT2D eigenvalue weighted by Gasteiger charge is -2.44. The van der Waals surface area contributed by atoms with Gasteiger partial charge in [-0.05, 0) is 171 Å². The number of rotatable bonds is 9. The molecule has 4 nitrogen and oxygen atoms in total. The molecule has 2 aliphatic heterocycles. The van der Waals surface area contributed by atoms with Crippen molar-refractivity contribution in [1.29, 1.82) is 0 Å². The summed E-state index contributed by atoms with van der Waals surface area (Å²) in [6.07, 6.45) is 9.16. The van der Waals surface area contributed by atoms with Crippen molar-refractivity contribution in [2.45, 2.75) is 130 Å². The maximum absolute atomic E-state index is 2.69. The topological polar surface area (TPSA) is 14.7 Å². The van der Waals surface area contributed by atoms with Crippen molar-refractivity contribution < 1.29 is 0 Å². The first kappa shape index (κ1) is 49.3. The first-order chi connectivity index (χ1) is 36.1. The predicted octanol–water partition coefficient (Wildman–Crippen LogP) is 20.3. The molecule has 0 atom stereocenters. The summed E-state index contributed by atoms with van der Waals surface area (Å²) in [5.41, 5.74) is 22.9. The largest absolute Gasteiger partial charge is 0.311 e. The highest BCUT2D eigenvalue weighted by atomic mass is 15.2. The van der Waals surface area contributed by atoms with Crippen LogP contribution >= 0.6 is 0 Å². The summed E-state index contributed by atoms with van der Waals surface area (Å²) >= 11 is 0. The number of hydrogen-bond donors (Lipinski definition) is 0. The summed E-state index contributed by atoms with van der Waals surface area (Å²) < 4.78 is 2.69. The molecule has 0 bridgehead atoms. The molecule has 0 spiro atoms. The number of fused-ring (bicyclic) bond motifs is 1. The fourth-order valence-electron chi connectivity index (χ4n) is 12.5. The van der Waals surface area contributed by atoms with Crippen LogP contribution in [0, 0.1) is 0 Å². The lowest BCUT2D eigenvalue weighted by Crippen LogP contribution is -2.34. The lowest BCUT2D eigenvalue weighted by atomic mass is 9.68. The molecular formula is C72H74N4. The second-order valence-electron chi connectivity index (χ2n) is 25.9. The van der Waals surface area contributed by atoms with Crippen LogP contribution in [-0.4, -0.2) is 4.57 Å². The zero-order valence-electron chi connectivity index (χ0n) is 47.1. The number of aromatic nitrogens is 1. The molecule has 76 heavy (non-hydrogen) atoms. The SMILES string of the molecule is CC(C)(C)c1ccc(N(C2=CCCC=C2)c2cc3c4c(c2)c2cc(N(c5ccccc5)c5ccc(C(C)(C)C)cc5)cc5c2n4-c2c(cc(N(c4ccccc4)c4ccc(C(C)(C)C)cc4)cc2C5(C)C)C3(C)C)cc1. The zero-order chi connectivity index (χ0) is 53.3. The van der Waals surface area contributed by atoms with Gasteiger partial charge >= 0.3 is 0 Å². The number of para-hydroxylation sites is 2. The van der Waals surface area contributed by atoms with Crippen LogP contribution in [0.1, 0.15) is 142 Å². The zero-order valence-corrected chi connectivity index (χ0v) is 47.1. The Balaban J connectivity index is 1.18. The Hall–Kier alpha value is -7.56. The third-order valence-corrected chi connectivity index (χ3v) is 17.0. The van der Waals surface area contributed by atoms with Gasteiger partial charge in [-0.25, -0.2) is 0 Å². The van der Waals surface area contributed by atoms with E-state index < -0.39 is 10.8 Å². The van der Waals surface area contributed by atoms with E-state index in [-0.39, 0.29) is 16.2 Å². The molecule has 0 saturated heterocycles. The fourth-order valence-corrected chi connectivity index (χ4v) is 12.5. The van der Waals surface area contributed by atoms with Crippen LogP contribution in [0.15, 0.2) is 194 Å². The molecule has 4 heteroatoms. The van der Waals surface area contributed by atoms with E-state index in [0.717, 1.165) is 52.7 Å². The molecule has 9 aromatic rings. The highest BCUT2D eigenvalue weighted by Crippen LogP contribution is 2.59. The van der Waals surface area contributed by atoms with Gasteiger partial charge in [0.05, 0.1) is 16.7 Å². The Morgan fingerprint density at radius 1 is 0.368 bits per heavy atom. The molecule has 1 aliphatic carbocycles. The normalized spacial score (nSPS) is 15.3. The van der Waals surface area contributed by atoms with Gasteiger partial charge in [0.2, 0.25) is 0 Å². The summed E-state index contributed by atoms with van der Waals surface area (Å²) in [7, 11) is 0. The van der Waals surface area contributed by atoms with Crippen molar-refractivity contribution in [3.05, 3.63) is 233 Å². The van der Waals surface area contributed by atoms with Gasteiger partial charge < -0.3 is 19.3 Å². The minimum absolute atomic E-state index is 0.0313.